The Morgan fingerprint density at radius 3 is 2.54 bits per heavy atom. The van der Waals surface area contributed by atoms with Crippen LogP contribution >= 0.6 is 22.7 Å². The number of ketones is 1. The monoisotopic (exact) mass is 533 g/mol. The third-order valence-corrected chi connectivity index (χ3v) is 7.45. The van der Waals surface area contributed by atoms with E-state index in [0.29, 0.717) is 40.2 Å². The number of carbonyl (C=O) groups is 2. The standard InChI is InChI=1S/C27H23N3O5S2/c1-3-34-20-14-18(11-12-19(20)35-15-17-8-5-4-6-9-17)23-22(24(31)21-10-7-13-36-21)25(32)26(33)30(23)27-29-28-16(2)37-27/h4-14,23,32H,3,15H2,1-2H3/t23-/m0/s1. The third kappa shape index (κ3) is 4.85. The summed E-state index contributed by atoms with van der Waals surface area (Å²) in [6.45, 7) is 4.37. The summed E-state index contributed by atoms with van der Waals surface area (Å²) in [5, 5.41) is 21.8. The first kappa shape index (κ1) is 24.7. The van der Waals surface area contributed by atoms with Crippen LogP contribution in [0.3, 0.4) is 0 Å². The molecule has 0 aliphatic carbocycles. The Kier molecular flexibility index (Phi) is 7.02. The smallest absolute Gasteiger partial charge is 0.296 e. The zero-order chi connectivity index (χ0) is 25.9. The van der Waals surface area contributed by atoms with Crippen LogP contribution in [0, 0.1) is 6.92 Å². The Bertz CT molecular complexity index is 1460. The molecule has 1 aliphatic rings. The minimum absolute atomic E-state index is 0.0132. The maximum atomic E-state index is 13.5. The molecule has 0 saturated carbocycles. The van der Waals surface area contributed by atoms with Gasteiger partial charge in [0.1, 0.15) is 11.6 Å². The second kappa shape index (κ2) is 10.5. The van der Waals surface area contributed by atoms with Crippen molar-refractivity contribution in [3.8, 4) is 11.5 Å². The fraction of sp³-hybridized carbons (Fsp3) is 0.185. The second-order valence-electron chi connectivity index (χ2n) is 8.16. The lowest BCUT2D eigenvalue weighted by atomic mass is 9.95. The molecule has 0 saturated heterocycles. The summed E-state index contributed by atoms with van der Waals surface area (Å²) in [5.74, 6) is -0.735. The SMILES string of the molecule is CCOc1cc([C@H]2C(C(=O)c3cccs3)=C(O)C(=O)N2c2nnc(C)s2)ccc1OCc1ccccc1. The van der Waals surface area contributed by atoms with E-state index in [0.717, 1.165) is 5.56 Å². The topological polar surface area (TPSA) is 102 Å². The molecule has 5 rings (SSSR count). The van der Waals surface area contributed by atoms with E-state index in [2.05, 4.69) is 10.2 Å². The van der Waals surface area contributed by atoms with Gasteiger partial charge in [0.2, 0.25) is 10.9 Å². The van der Waals surface area contributed by atoms with Gasteiger partial charge in [-0.2, -0.15) is 0 Å². The number of anilines is 1. The van der Waals surface area contributed by atoms with Gasteiger partial charge in [0.05, 0.1) is 23.1 Å². The van der Waals surface area contributed by atoms with Crippen molar-refractivity contribution in [3.05, 3.63) is 98.4 Å². The van der Waals surface area contributed by atoms with E-state index >= 15 is 0 Å². The van der Waals surface area contributed by atoms with Crippen LogP contribution in [0.15, 0.2) is 77.4 Å². The number of hydrogen-bond donors (Lipinski definition) is 1. The molecule has 0 radical (unpaired) electrons. The number of amides is 1. The first-order valence-electron chi connectivity index (χ1n) is 11.6. The summed E-state index contributed by atoms with van der Waals surface area (Å²) >= 11 is 2.45. The summed E-state index contributed by atoms with van der Waals surface area (Å²) in [6, 6.07) is 17.5. The lowest BCUT2D eigenvalue weighted by Gasteiger charge is -2.25. The summed E-state index contributed by atoms with van der Waals surface area (Å²) in [5.41, 5.74) is 1.56. The number of benzene rings is 2. The van der Waals surface area contributed by atoms with Crippen molar-refractivity contribution in [1.29, 1.82) is 0 Å². The van der Waals surface area contributed by atoms with E-state index in [1.807, 2.05) is 37.3 Å². The van der Waals surface area contributed by atoms with Crippen molar-refractivity contribution < 1.29 is 24.2 Å². The van der Waals surface area contributed by atoms with Crippen molar-refractivity contribution in [2.45, 2.75) is 26.5 Å². The quantitative estimate of drug-likeness (QED) is 0.277. The highest BCUT2D eigenvalue weighted by Crippen LogP contribution is 2.45. The minimum Gasteiger partial charge on any atom is -0.503 e. The van der Waals surface area contributed by atoms with Gasteiger partial charge in [0, 0.05) is 0 Å². The summed E-state index contributed by atoms with van der Waals surface area (Å²) in [4.78, 5) is 28.5. The molecule has 0 bridgehead atoms. The zero-order valence-corrected chi connectivity index (χ0v) is 21.7. The highest BCUT2D eigenvalue weighted by molar-refractivity contribution is 7.15. The number of hydrogen-bond acceptors (Lipinski definition) is 9. The average Bonchev–Trinajstić information content (AvgIpc) is 3.65. The summed E-state index contributed by atoms with van der Waals surface area (Å²) < 4.78 is 11.9. The molecular formula is C27H23N3O5S2. The summed E-state index contributed by atoms with van der Waals surface area (Å²) in [6.07, 6.45) is 0. The van der Waals surface area contributed by atoms with Gasteiger partial charge in [0.15, 0.2) is 17.3 Å². The van der Waals surface area contributed by atoms with Crippen LogP contribution in [0.5, 0.6) is 11.5 Å². The van der Waals surface area contributed by atoms with Crippen molar-refractivity contribution in [3.63, 3.8) is 0 Å². The van der Waals surface area contributed by atoms with Crippen LogP contribution in [0.25, 0.3) is 0 Å². The number of nitrogens with zero attached hydrogens (tertiary/aromatic N) is 3. The normalized spacial score (nSPS) is 15.4. The van der Waals surface area contributed by atoms with Crippen LogP contribution in [0.2, 0.25) is 0 Å². The molecule has 2 aromatic heterocycles. The van der Waals surface area contributed by atoms with Gasteiger partial charge in [-0.15, -0.1) is 21.5 Å². The fourth-order valence-electron chi connectivity index (χ4n) is 4.09. The largest absolute Gasteiger partial charge is 0.503 e. The van der Waals surface area contributed by atoms with Crippen LogP contribution in [0.4, 0.5) is 5.13 Å². The number of aliphatic hydroxyl groups excluding tert-OH is 1. The van der Waals surface area contributed by atoms with Crippen LogP contribution in [-0.2, 0) is 11.4 Å². The van der Waals surface area contributed by atoms with Gasteiger partial charge in [0.25, 0.3) is 5.91 Å². The van der Waals surface area contributed by atoms with Crippen LogP contribution < -0.4 is 14.4 Å². The van der Waals surface area contributed by atoms with Gasteiger partial charge in [-0.3, -0.25) is 14.5 Å². The van der Waals surface area contributed by atoms with Gasteiger partial charge >= 0.3 is 0 Å². The Hall–Kier alpha value is -4.02. The molecule has 10 heteroatoms. The van der Waals surface area contributed by atoms with Crippen molar-refractivity contribution in [1.82, 2.24) is 10.2 Å². The Balaban J connectivity index is 1.57. The van der Waals surface area contributed by atoms with Gasteiger partial charge in [-0.05, 0) is 48.6 Å². The molecule has 1 N–H and O–H groups in total. The molecule has 1 atom stereocenters. The molecule has 3 heterocycles. The number of aryl methyl sites for hydroxylation is 1. The molecule has 37 heavy (non-hydrogen) atoms. The molecule has 0 unspecified atom stereocenters. The van der Waals surface area contributed by atoms with Gasteiger partial charge in [-0.1, -0.05) is 53.8 Å². The number of thiophene rings is 1. The van der Waals surface area contributed by atoms with Gasteiger partial charge < -0.3 is 14.6 Å². The number of ether oxygens (including phenoxy) is 2. The first-order valence-corrected chi connectivity index (χ1v) is 13.3. The van der Waals surface area contributed by atoms with E-state index in [-0.39, 0.29) is 10.7 Å². The molecule has 188 valence electrons. The fourth-order valence-corrected chi connectivity index (χ4v) is 5.48. The minimum atomic E-state index is -0.920. The zero-order valence-electron chi connectivity index (χ0n) is 20.1. The van der Waals surface area contributed by atoms with E-state index in [1.165, 1.54) is 27.6 Å². The van der Waals surface area contributed by atoms with E-state index in [4.69, 9.17) is 9.47 Å². The molecule has 0 fully saturated rings. The number of aromatic nitrogens is 2. The lowest BCUT2D eigenvalue weighted by molar-refractivity contribution is -0.117. The van der Waals surface area contributed by atoms with Crippen LogP contribution in [-0.4, -0.2) is 33.6 Å². The third-order valence-electron chi connectivity index (χ3n) is 5.74. The first-order chi connectivity index (χ1) is 18.0. The lowest BCUT2D eigenvalue weighted by Crippen LogP contribution is -2.31. The predicted molar refractivity (Wildman–Crippen MR) is 142 cm³/mol. The van der Waals surface area contributed by atoms with E-state index in [9.17, 15) is 14.7 Å². The van der Waals surface area contributed by atoms with E-state index < -0.39 is 23.5 Å². The average molecular weight is 534 g/mol. The maximum absolute atomic E-state index is 13.5. The predicted octanol–water partition coefficient (Wildman–Crippen LogP) is 5.67. The van der Waals surface area contributed by atoms with Crippen molar-refractivity contribution in [2.75, 3.05) is 11.5 Å². The molecule has 1 amide bonds. The Morgan fingerprint density at radius 2 is 1.86 bits per heavy atom. The van der Waals surface area contributed by atoms with E-state index in [1.54, 1.807) is 42.6 Å². The maximum Gasteiger partial charge on any atom is 0.296 e. The Labute approximate surface area is 221 Å². The number of carbonyl (C=O) groups excluding carboxylic acids is 2. The number of rotatable bonds is 9. The van der Waals surface area contributed by atoms with Gasteiger partial charge in [-0.25, -0.2) is 0 Å². The van der Waals surface area contributed by atoms with Crippen molar-refractivity contribution in [2.24, 2.45) is 0 Å². The number of aliphatic hydroxyl groups is 1. The molecule has 2 aromatic carbocycles. The molecule has 1 aliphatic heterocycles. The second-order valence-corrected chi connectivity index (χ2v) is 10.3. The van der Waals surface area contributed by atoms with Crippen molar-refractivity contribution >= 4 is 39.5 Å². The summed E-state index contributed by atoms with van der Waals surface area (Å²) in [7, 11) is 0. The highest BCUT2D eigenvalue weighted by atomic mass is 32.1. The highest BCUT2D eigenvalue weighted by Gasteiger charge is 2.46. The van der Waals surface area contributed by atoms with Crippen LogP contribution in [0.1, 0.15) is 38.8 Å². The Morgan fingerprint density at radius 1 is 1.05 bits per heavy atom. The number of Topliss-reactive ketones (excluding diaryl/α,β-unsaturated/α-hetero) is 1. The molecular weight excluding hydrogens is 510 g/mol. The molecule has 8 nitrogen and oxygen atoms in total. The molecule has 4 aromatic rings. The molecule has 0 spiro atoms.